The normalized spacial score (nSPS) is 26.3. The SMILES string of the molecule is C/C=C\CC/C(C)=C/COC1CCOP(=O)(NCCCl)N1CCCl. The Balaban J connectivity index is 2.60. The molecule has 0 aromatic carbocycles. The maximum Gasteiger partial charge on any atom is 0.345 e. The van der Waals surface area contributed by atoms with Crippen molar-refractivity contribution in [2.75, 3.05) is 38.1 Å². The first-order chi connectivity index (χ1) is 11.6. The maximum atomic E-state index is 13.0. The fourth-order valence-electron chi connectivity index (χ4n) is 2.40. The number of rotatable bonds is 11. The van der Waals surface area contributed by atoms with E-state index < -0.39 is 7.67 Å². The highest BCUT2D eigenvalue weighted by atomic mass is 35.5. The summed E-state index contributed by atoms with van der Waals surface area (Å²) in [6.07, 6.45) is 8.72. The van der Waals surface area contributed by atoms with Crippen LogP contribution in [-0.2, 0) is 13.8 Å². The van der Waals surface area contributed by atoms with Crippen LogP contribution in [0.1, 0.15) is 33.1 Å². The van der Waals surface area contributed by atoms with E-state index in [-0.39, 0.29) is 6.23 Å². The predicted octanol–water partition coefficient (Wildman–Crippen LogP) is 4.53. The van der Waals surface area contributed by atoms with Crippen molar-refractivity contribution in [3.63, 3.8) is 0 Å². The Hall–Kier alpha value is 0.130. The summed E-state index contributed by atoms with van der Waals surface area (Å²) < 4.78 is 26.1. The molecular formula is C16H29Cl2N2O3P. The second kappa shape index (κ2) is 12.5. The van der Waals surface area contributed by atoms with Crippen LogP contribution in [0, 0.1) is 0 Å². The minimum atomic E-state index is -3.14. The van der Waals surface area contributed by atoms with Crippen molar-refractivity contribution in [1.82, 2.24) is 9.76 Å². The zero-order valence-corrected chi connectivity index (χ0v) is 17.0. The molecule has 140 valence electrons. The first kappa shape index (κ1) is 22.2. The third-order valence-electron chi connectivity index (χ3n) is 3.68. The Bertz CT molecular complexity index is 461. The molecule has 0 aromatic heterocycles. The molecule has 2 unspecified atom stereocenters. The van der Waals surface area contributed by atoms with Crippen LogP contribution >= 0.6 is 30.9 Å². The molecule has 0 radical (unpaired) electrons. The molecule has 2 atom stereocenters. The smallest absolute Gasteiger partial charge is 0.345 e. The van der Waals surface area contributed by atoms with Crippen molar-refractivity contribution >= 4 is 30.9 Å². The van der Waals surface area contributed by atoms with Gasteiger partial charge in [-0.25, -0.2) is 5.09 Å². The van der Waals surface area contributed by atoms with Crippen molar-refractivity contribution in [1.29, 1.82) is 0 Å². The molecule has 0 saturated carbocycles. The maximum absolute atomic E-state index is 13.0. The summed E-state index contributed by atoms with van der Waals surface area (Å²) in [7, 11) is -3.14. The van der Waals surface area contributed by atoms with Crippen molar-refractivity contribution < 1.29 is 13.8 Å². The molecule has 1 heterocycles. The zero-order chi connectivity index (χ0) is 17.8. The predicted molar refractivity (Wildman–Crippen MR) is 102 cm³/mol. The number of hydrogen-bond acceptors (Lipinski definition) is 3. The molecule has 24 heavy (non-hydrogen) atoms. The van der Waals surface area contributed by atoms with Crippen LogP contribution in [0.15, 0.2) is 23.8 Å². The first-order valence-corrected chi connectivity index (χ1v) is 11.0. The summed E-state index contributed by atoms with van der Waals surface area (Å²) in [4.78, 5) is 0. The van der Waals surface area contributed by atoms with Crippen molar-refractivity contribution in [2.45, 2.75) is 39.3 Å². The quantitative estimate of drug-likeness (QED) is 0.314. The lowest BCUT2D eigenvalue weighted by molar-refractivity contribution is -0.0424. The molecule has 1 fully saturated rings. The Labute approximate surface area is 155 Å². The lowest BCUT2D eigenvalue weighted by atomic mass is 10.1. The van der Waals surface area contributed by atoms with Crippen LogP contribution in [0.5, 0.6) is 0 Å². The molecule has 1 aliphatic heterocycles. The number of allylic oxidation sites excluding steroid dienone is 3. The monoisotopic (exact) mass is 398 g/mol. The third-order valence-corrected chi connectivity index (χ3v) is 6.33. The van der Waals surface area contributed by atoms with Gasteiger partial charge in [-0.1, -0.05) is 23.8 Å². The average molecular weight is 399 g/mol. The molecule has 0 aromatic rings. The molecule has 5 nitrogen and oxygen atoms in total. The summed E-state index contributed by atoms with van der Waals surface area (Å²) in [5.41, 5.74) is 1.28. The standard InChI is InChI=1S/C16H29Cl2N2O3P/c1-3-4-5-6-15(2)7-13-22-16-8-14-23-24(21,19-11-9-17)20(16)12-10-18/h3-4,7,16H,5-6,8-14H2,1-2H3,(H,19,21)/b4-3-,15-7+. The first-order valence-electron chi connectivity index (χ1n) is 8.34. The topological polar surface area (TPSA) is 50.8 Å². The molecule has 0 spiro atoms. The Morgan fingerprint density at radius 3 is 2.92 bits per heavy atom. The molecule has 8 heteroatoms. The molecule has 1 aliphatic rings. The van der Waals surface area contributed by atoms with Crippen molar-refractivity contribution in [3.05, 3.63) is 23.8 Å². The summed E-state index contributed by atoms with van der Waals surface area (Å²) in [6.45, 7) is 5.84. The summed E-state index contributed by atoms with van der Waals surface area (Å²) in [5, 5.41) is 2.91. The Morgan fingerprint density at radius 1 is 1.46 bits per heavy atom. The van der Waals surface area contributed by atoms with E-state index >= 15 is 0 Å². The van der Waals surface area contributed by atoms with E-state index in [1.807, 2.05) is 6.92 Å². The van der Waals surface area contributed by atoms with E-state index in [0.717, 1.165) is 12.8 Å². The summed E-state index contributed by atoms with van der Waals surface area (Å²) in [6, 6.07) is 0. The second-order valence-electron chi connectivity index (χ2n) is 5.54. The highest BCUT2D eigenvalue weighted by Gasteiger charge is 2.40. The molecule has 0 amide bonds. The van der Waals surface area contributed by atoms with Gasteiger partial charge in [0.25, 0.3) is 0 Å². The van der Waals surface area contributed by atoms with Gasteiger partial charge in [-0.15, -0.1) is 23.2 Å². The Kier molecular flexibility index (Phi) is 11.5. The number of nitrogens with zero attached hydrogens (tertiary/aromatic N) is 1. The van der Waals surface area contributed by atoms with Gasteiger partial charge in [-0.3, -0.25) is 4.57 Å². The van der Waals surface area contributed by atoms with E-state index in [9.17, 15) is 4.57 Å². The number of ether oxygens (including phenoxy) is 1. The van der Waals surface area contributed by atoms with Gasteiger partial charge in [0.2, 0.25) is 0 Å². The van der Waals surface area contributed by atoms with Crippen LogP contribution in [0.3, 0.4) is 0 Å². The van der Waals surface area contributed by atoms with Crippen molar-refractivity contribution in [3.8, 4) is 0 Å². The molecular weight excluding hydrogens is 370 g/mol. The van der Waals surface area contributed by atoms with Crippen LogP contribution in [0.25, 0.3) is 0 Å². The summed E-state index contributed by atoms with van der Waals surface area (Å²) in [5.74, 6) is 0.718. The molecule has 0 aliphatic carbocycles. The number of nitrogens with one attached hydrogen (secondary N) is 1. The van der Waals surface area contributed by atoms with E-state index in [0.29, 0.717) is 44.5 Å². The number of hydrogen-bond donors (Lipinski definition) is 1. The van der Waals surface area contributed by atoms with Crippen LogP contribution < -0.4 is 5.09 Å². The van der Waals surface area contributed by atoms with Gasteiger partial charge < -0.3 is 9.26 Å². The summed E-state index contributed by atoms with van der Waals surface area (Å²) >= 11 is 11.6. The van der Waals surface area contributed by atoms with Gasteiger partial charge in [0.15, 0.2) is 0 Å². The minimum absolute atomic E-state index is 0.272. The van der Waals surface area contributed by atoms with Crippen molar-refractivity contribution in [2.24, 2.45) is 0 Å². The van der Waals surface area contributed by atoms with Gasteiger partial charge in [-0.05, 0) is 26.7 Å². The average Bonchev–Trinajstić information content (AvgIpc) is 2.56. The van der Waals surface area contributed by atoms with Gasteiger partial charge in [-0.2, -0.15) is 4.67 Å². The van der Waals surface area contributed by atoms with Gasteiger partial charge in [0, 0.05) is 31.3 Å². The minimum Gasteiger partial charge on any atom is -0.358 e. The third kappa shape index (κ3) is 7.57. The van der Waals surface area contributed by atoms with Gasteiger partial charge >= 0.3 is 7.67 Å². The highest BCUT2D eigenvalue weighted by molar-refractivity contribution is 7.54. The van der Waals surface area contributed by atoms with Crippen LogP contribution in [0.2, 0.25) is 0 Å². The van der Waals surface area contributed by atoms with Crippen LogP contribution in [0.4, 0.5) is 0 Å². The Morgan fingerprint density at radius 2 is 2.25 bits per heavy atom. The second-order valence-corrected chi connectivity index (χ2v) is 8.42. The molecule has 0 bridgehead atoms. The zero-order valence-electron chi connectivity index (χ0n) is 14.5. The van der Waals surface area contributed by atoms with E-state index in [4.69, 9.17) is 32.5 Å². The lowest BCUT2D eigenvalue weighted by Gasteiger charge is -2.40. The largest absolute Gasteiger partial charge is 0.358 e. The number of halogens is 2. The van der Waals surface area contributed by atoms with E-state index in [1.54, 1.807) is 4.67 Å². The van der Waals surface area contributed by atoms with Gasteiger partial charge in [0.05, 0.1) is 13.2 Å². The molecule has 1 rings (SSSR count). The number of alkyl halides is 2. The van der Waals surface area contributed by atoms with Gasteiger partial charge in [0.1, 0.15) is 6.23 Å². The lowest BCUT2D eigenvalue weighted by Crippen LogP contribution is -2.44. The van der Waals surface area contributed by atoms with E-state index in [1.165, 1.54) is 5.57 Å². The van der Waals surface area contributed by atoms with E-state index in [2.05, 4.69) is 30.2 Å². The fraction of sp³-hybridized carbons (Fsp3) is 0.750. The molecule has 1 saturated heterocycles. The van der Waals surface area contributed by atoms with Crippen LogP contribution in [-0.4, -0.2) is 49.0 Å². The fourth-order valence-corrected chi connectivity index (χ4v) is 4.98. The highest BCUT2D eigenvalue weighted by Crippen LogP contribution is 2.51. The molecule has 1 N–H and O–H groups in total.